The zero-order valence-electron chi connectivity index (χ0n) is 33.3. The number of likely N-dealkylation sites (tertiary alicyclic amines) is 1. The molecular formula is C42H68N4O6. The molecule has 3 fully saturated rings. The van der Waals surface area contributed by atoms with Gasteiger partial charge in [0.2, 0.25) is 0 Å². The van der Waals surface area contributed by atoms with Crippen molar-refractivity contribution in [3.05, 3.63) is 46.4 Å². The number of methoxy groups -OCH3 is 1. The molecule has 4 rings (SSSR count). The SMILES string of the molecule is C#CC.C1CCCN(C2CCNCC2)CC1.CC.CC/C=C(\C=C(\CCC)CN=C1CCN2C(=O)C(COC)=C([C@](O)(C=O)CC)CC=C12)OC=O. The van der Waals surface area contributed by atoms with Crippen molar-refractivity contribution in [3.8, 4) is 12.3 Å². The Morgan fingerprint density at radius 2 is 1.77 bits per heavy atom. The van der Waals surface area contributed by atoms with Gasteiger partial charge in [0.1, 0.15) is 11.4 Å². The first kappa shape index (κ1) is 46.7. The van der Waals surface area contributed by atoms with Crippen LogP contribution in [0.25, 0.3) is 0 Å². The van der Waals surface area contributed by atoms with Crippen LogP contribution in [0, 0.1) is 12.3 Å². The number of rotatable bonds is 14. The molecule has 52 heavy (non-hydrogen) atoms. The third-order valence-corrected chi connectivity index (χ3v) is 9.52. The Bertz CT molecular complexity index is 1280. The lowest BCUT2D eigenvalue weighted by Gasteiger charge is -2.33. The maximum Gasteiger partial charge on any atom is 0.298 e. The van der Waals surface area contributed by atoms with Gasteiger partial charge in [-0.05, 0) is 108 Å². The number of carbonyl (C=O) groups is 3. The Labute approximate surface area is 314 Å². The minimum Gasteiger partial charge on any atom is -0.429 e. The monoisotopic (exact) mass is 725 g/mol. The van der Waals surface area contributed by atoms with Crippen molar-refractivity contribution in [1.29, 1.82) is 0 Å². The van der Waals surface area contributed by atoms with Crippen molar-refractivity contribution < 1.29 is 29.0 Å². The Kier molecular flexibility index (Phi) is 24.5. The number of amides is 1. The maximum atomic E-state index is 13.4. The zero-order chi connectivity index (χ0) is 38.8. The van der Waals surface area contributed by atoms with E-state index in [0.717, 1.165) is 36.6 Å². The molecule has 292 valence electrons. The number of allylic oxidation sites excluding steroid dienone is 4. The molecule has 0 bridgehead atoms. The van der Waals surface area contributed by atoms with Crippen molar-refractivity contribution in [2.75, 3.05) is 53.0 Å². The molecule has 10 nitrogen and oxygen atoms in total. The number of nitrogens with one attached hydrogen (secondary N) is 1. The van der Waals surface area contributed by atoms with E-state index >= 15 is 0 Å². The summed E-state index contributed by atoms with van der Waals surface area (Å²) in [7, 11) is 1.48. The van der Waals surface area contributed by atoms with Gasteiger partial charge in [-0.15, -0.1) is 12.3 Å². The van der Waals surface area contributed by atoms with Gasteiger partial charge in [-0.2, -0.15) is 0 Å². The van der Waals surface area contributed by atoms with Crippen LogP contribution in [0.5, 0.6) is 0 Å². The highest BCUT2D eigenvalue weighted by atomic mass is 16.5. The molecule has 0 saturated carbocycles. The lowest BCUT2D eigenvalue weighted by atomic mass is 9.86. The Morgan fingerprint density at radius 3 is 2.31 bits per heavy atom. The van der Waals surface area contributed by atoms with Crippen LogP contribution < -0.4 is 5.32 Å². The number of ether oxygens (including phenoxy) is 2. The molecule has 4 heterocycles. The van der Waals surface area contributed by atoms with Crippen LogP contribution in [-0.4, -0.2) is 104 Å². The Hall–Kier alpha value is -3.36. The fourth-order valence-corrected chi connectivity index (χ4v) is 6.88. The Morgan fingerprint density at radius 1 is 1.12 bits per heavy atom. The molecule has 4 aliphatic heterocycles. The van der Waals surface area contributed by atoms with E-state index in [0.29, 0.717) is 54.9 Å². The number of hydrogen-bond donors (Lipinski definition) is 2. The summed E-state index contributed by atoms with van der Waals surface area (Å²) in [5.41, 5.74) is 1.52. The molecule has 0 aromatic carbocycles. The number of hydrogen-bond acceptors (Lipinski definition) is 9. The standard InChI is InChI=1S/C26H36N2O6.C11H22N2.C3H4.C2H6/c1-5-8-19(14-20(9-6-2)34-18-30)15-27-23-12-13-28-24(23)11-10-22(26(32,7-3)17-29)21(16-33-4)25(28)31;1-2-4-10-13(9-3-1)11-5-7-12-8-6-11;1-3-2;1-2/h9,11,14,17-18,32H,5-8,10,12-13,15-16H2,1-4H3;11-12H,1-10H2;1H,2H3;1-2H3/b19-14-,20-9+,27-23?;;;/t26-;;;/m1.../s1. The van der Waals surface area contributed by atoms with Gasteiger partial charge < -0.3 is 29.7 Å². The second-order valence-electron chi connectivity index (χ2n) is 13.1. The van der Waals surface area contributed by atoms with Gasteiger partial charge in [0.25, 0.3) is 12.4 Å². The highest BCUT2D eigenvalue weighted by Gasteiger charge is 2.39. The number of piperidine rings is 1. The van der Waals surface area contributed by atoms with Gasteiger partial charge in [-0.3, -0.25) is 19.4 Å². The molecule has 10 heteroatoms. The first-order valence-electron chi connectivity index (χ1n) is 19.5. The smallest absolute Gasteiger partial charge is 0.298 e. The van der Waals surface area contributed by atoms with Crippen molar-refractivity contribution in [1.82, 2.24) is 15.1 Å². The van der Waals surface area contributed by atoms with Gasteiger partial charge in [-0.25, -0.2) is 0 Å². The average Bonchev–Trinajstić information content (AvgIpc) is 3.29. The molecule has 0 unspecified atom stereocenters. The molecule has 1 amide bonds. The molecule has 0 spiro atoms. The highest BCUT2D eigenvalue weighted by Crippen LogP contribution is 2.34. The van der Waals surface area contributed by atoms with E-state index < -0.39 is 5.60 Å². The minimum absolute atomic E-state index is 0.0150. The van der Waals surface area contributed by atoms with E-state index in [1.807, 2.05) is 39.0 Å². The second kappa shape index (κ2) is 27.3. The Balaban J connectivity index is 0.000000615. The van der Waals surface area contributed by atoms with Crippen LogP contribution >= 0.6 is 0 Å². The molecule has 2 N–H and O–H groups in total. The van der Waals surface area contributed by atoms with Crippen LogP contribution in [0.1, 0.15) is 119 Å². The fraction of sp³-hybridized carbons (Fsp3) is 0.667. The van der Waals surface area contributed by atoms with Gasteiger partial charge in [0, 0.05) is 31.7 Å². The summed E-state index contributed by atoms with van der Waals surface area (Å²) in [4.78, 5) is 45.1. The predicted octanol–water partition coefficient (Wildman–Crippen LogP) is 6.70. The normalized spacial score (nSPS) is 20.6. The molecule has 3 saturated heterocycles. The van der Waals surface area contributed by atoms with Gasteiger partial charge in [-0.1, -0.05) is 60.0 Å². The van der Waals surface area contributed by atoms with Crippen LogP contribution in [0.2, 0.25) is 0 Å². The van der Waals surface area contributed by atoms with E-state index in [-0.39, 0.29) is 25.4 Å². The van der Waals surface area contributed by atoms with E-state index in [9.17, 15) is 19.5 Å². The van der Waals surface area contributed by atoms with Gasteiger partial charge in [0.15, 0.2) is 6.29 Å². The third kappa shape index (κ3) is 14.9. The van der Waals surface area contributed by atoms with Crippen LogP contribution in [0.4, 0.5) is 0 Å². The summed E-state index contributed by atoms with van der Waals surface area (Å²) in [5, 5.41) is 14.3. The molecule has 0 aromatic heterocycles. The van der Waals surface area contributed by atoms with Crippen molar-refractivity contribution in [3.63, 3.8) is 0 Å². The predicted molar refractivity (Wildman–Crippen MR) is 212 cm³/mol. The second-order valence-corrected chi connectivity index (χ2v) is 13.1. The lowest BCUT2D eigenvalue weighted by Crippen LogP contribution is -2.43. The number of fused-ring (bicyclic) bond motifs is 1. The number of aliphatic imine (C=N–C) groups is 1. The maximum absolute atomic E-state index is 13.4. The van der Waals surface area contributed by atoms with Crippen molar-refractivity contribution >= 4 is 24.4 Å². The summed E-state index contributed by atoms with van der Waals surface area (Å²) in [6, 6.07) is 0.902. The van der Waals surface area contributed by atoms with Crippen molar-refractivity contribution in [2.24, 2.45) is 4.99 Å². The minimum atomic E-state index is -1.71. The molecule has 1 atom stereocenters. The number of nitrogens with zero attached hydrogens (tertiary/aromatic N) is 3. The van der Waals surface area contributed by atoms with Crippen LogP contribution in [0.15, 0.2) is 51.4 Å². The topological polar surface area (TPSA) is 121 Å². The summed E-state index contributed by atoms with van der Waals surface area (Å²) in [6.07, 6.45) is 22.7. The fourth-order valence-electron chi connectivity index (χ4n) is 6.88. The van der Waals surface area contributed by atoms with E-state index in [2.05, 4.69) is 29.5 Å². The first-order valence-corrected chi connectivity index (χ1v) is 19.5. The van der Waals surface area contributed by atoms with E-state index in [1.165, 1.54) is 71.8 Å². The molecular weight excluding hydrogens is 656 g/mol. The third-order valence-electron chi connectivity index (χ3n) is 9.52. The molecule has 0 aliphatic carbocycles. The summed E-state index contributed by atoms with van der Waals surface area (Å²) in [5.74, 6) is 2.49. The molecule has 0 radical (unpaired) electrons. The number of carbonyl (C=O) groups excluding carboxylic acids is 3. The van der Waals surface area contributed by atoms with Crippen LogP contribution in [0.3, 0.4) is 0 Å². The summed E-state index contributed by atoms with van der Waals surface area (Å²) in [6.45, 7) is 17.9. The summed E-state index contributed by atoms with van der Waals surface area (Å²) >= 11 is 0. The van der Waals surface area contributed by atoms with E-state index in [4.69, 9.17) is 14.5 Å². The quantitative estimate of drug-likeness (QED) is 0.0879. The largest absolute Gasteiger partial charge is 0.429 e. The molecule has 4 aliphatic rings. The van der Waals surface area contributed by atoms with E-state index in [1.54, 1.807) is 18.7 Å². The number of aliphatic hydroxyl groups is 1. The van der Waals surface area contributed by atoms with Gasteiger partial charge >= 0.3 is 0 Å². The van der Waals surface area contributed by atoms with Crippen molar-refractivity contribution in [2.45, 2.75) is 130 Å². The first-order chi connectivity index (χ1) is 25.3. The highest BCUT2D eigenvalue weighted by molar-refractivity contribution is 6.09. The van der Waals surface area contributed by atoms with Gasteiger partial charge in [0.05, 0.1) is 24.6 Å². The summed E-state index contributed by atoms with van der Waals surface area (Å²) < 4.78 is 10.3. The zero-order valence-corrected chi connectivity index (χ0v) is 33.3. The number of terminal acetylenes is 1. The average molecular weight is 725 g/mol. The van der Waals surface area contributed by atoms with Crippen LogP contribution in [-0.2, 0) is 23.9 Å². The molecule has 0 aromatic rings. The number of aldehydes is 1. The lowest BCUT2D eigenvalue weighted by molar-refractivity contribution is -0.126.